The number of rotatable bonds is 7. The molecule has 0 radical (unpaired) electrons. The fourth-order valence-electron chi connectivity index (χ4n) is 4.97. The van der Waals surface area contributed by atoms with Crippen LogP contribution >= 0.6 is 0 Å². The number of amides is 3. The van der Waals surface area contributed by atoms with Gasteiger partial charge in [-0.25, -0.2) is 19.6 Å². The maximum Gasteiger partial charge on any atom is 0.371 e. The highest BCUT2D eigenvalue weighted by molar-refractivity contribution is 6.01. The van der Waals surface area contributed by atoms with Crippen molar-refractivity contribution in [3.05, 3.63) is 90.2 Å². The van der Waals surface area contributed by atoms with E-state index in [4.69, 9.17) is 19.1 Å². The van der Waals surface area contributed by atoms with Crippen molar-refractivity contribution < 1.29 is 28.6 Å². The van der Waals surface area contributed by atoms with Crippen LogP contribution in [-0.4, -0.2) is 78.3 Å². The molecule has 3 N–H and O–H groups in total. The van der Waals surface area contributed by atoms with Crippen molar-refractivity contribution >= 4 is 46.0 Å². The molecule has 12 nitrogen and oxygen atoms in total. The van der Waals surface area contributed by atoms with E-state index in [9.17, 15) is 19.5 Å². The fourth-order valence-corrected chi connectivity index (χ4v) is 4.97. The Bertz CT molecular complexity index is 1880. The summed E-state index contributed by atoms with van der Waals surface area (Å²) in [5.74, 6) is 0.299. The molecule has 3 heterocycles. The number of hydrogen-bond donors (Lipinski definition) is 3. The van der Waals surface area contributed by atoms with Crippen LogP contribution in [0.3, 0.4) is 0 Å². The van der Waals surface area contributed by atoms with E-state index in [-0.39, 0.29) is 11.7 Å². The number of fused-ring (bicyclic) bond motifs is 1. The fraction of sp³-hybridized carbons (Fsp3) is 0.182. The third-order valence-corrected chi connectivity index (χ3v) is 7.29. The Hall–Kier alpha value is -5.75. The third kappa shape index (κ3) is 6.45. The van der Waals surface area contributed by atoms with Gasteiger partial charge in [0.2, 0.25) is 5.76 Å². The molecule has 3 amide bonds. The van der Waals surface area contributed by atoms with Gasteiger partial charge in [0.05, 0.1) is 18.7 Å². The quantitative estimate of drug-likeness (QED) is 0.220. The lowest BCUT2D eigenvalue weighted by Crippen LogP contribution is -2.37. The van der Waals surface area contributed by atoms with Crippen molar-refractivity contribution in [2.24, 2.45) is 0 Å². The first kappa shape index (κ1) is 29.3. The second-order valence-electron chi connectivity index (χ2n) is 10.6. The lowest BCUT2D eigenvalue weighted by molar-refractivity contribution is 0.0663. The van der Waals surface area contributed by atoms with Gasteiger partial charge in [-0.1, -0.05) is 6.07 Å². The van der Waals surface area contributed by atoms with Crippen molar-refractivity contribution in [3.8, 4) is 22.7 Å². The van der Waals surface area contributed by atoms with Gasteiger partial charge in [-0.05, 0) is 72.8 Å². The molecule has 6 rings (SSSR count). The summed E-state index contributed by atoms with van der Waals surface area (Å²) in [5, 5.41) is 15.7. The summed E-state index contributed by atoms with van der Waals surface area (Å²) in [5.41, 5.74) is 3.75. The number of carboxylic acids is 1. The molecular formula is C33H30N6O6. The zero-order valence-electron chi connectivity index (χ0n) is 24.6. The highest BCUT2D eigenvalue weighted by Crippen LogP contribution is 2.32. The predicted molar refractivity (Wildman–Crippen MR) is 170 cm³/mol. The number of carboxylic acid groups (broad SMARTS) is 1. The smallest absolute Gasteiger partial charge is 0.371 e. The number of ether oxygens (including phenoxy) is 1. The van der Waals surface area contributed by atoms with E-state index < -0.39 is 12.0 Å². The molecule has 2 aromatic heterocycles. The molecule has 0 saturated carbocycles. The first-order valence-corrected chi connectivity index (χ1v) is 14.2. The second-order valence-corrected chi connectivity index (χ2v) is 10.6. The Morgan fingerprint density at radius 3 is 2.09 bits per heavy atom. The van der Waals surface area contributed by atoms with Crippen LogP contribution in [0.15, 0.2) is 83.3 Å². The van der Waals surface area contributed by atoms with E-state index in [0.29, 0.717) is 65.9 Å². The van der Waals surface area contributed by atoms with Crippen LogP contribution < -0.4 is 15.5 Å². The Kier molecular flexibility index (Phi) is 8.12. The molecule has 1 saturated heterocycles. The summed E-state index contributed by atoms with van der Waals surface area (Å²) in [6.07, 6.45) is 0. The van der Waals surface area contributed by atoms with Crippen LogP contribution in [0.1, 0.15) is 20.9 Å². The van der Waals surface area contributed by atoms with Gasteiger partial charge in [-0.2, -0.15) is 0 Å². The number of nitrogens with zero attached hydrogens (tertiary/aromatic N) is 4. The lowest BCUT2D eigenvalue weighted by Gasteiger charge is -2.29. The number of carbonyl (C=O) groups excluding carboxylic acids is 2. The van der Waals surface area contributed by atoms with Gasteiger partial charge in [0.15, 0.2) is 5.82 Å². The summed E-state index contributed by atoms with van der Waals surface area (Å²) in [7, 11) is 3.36. The van der Waals surface area contributed by atoms with Crippen molar-refractivity contribution in [2.75, 3.05) is 55.9 Å². The number of nitrogens with one attached hydrogen (secondary N) is 2. The first-order valence-electron chi connectivity index (χ1n) is 14.2. The molecule has 45 heavy (non-hydrogen) atoms. The number of morpholine rings is 1. The molecule has 0 aliphatic carbocycles. The Balaban J connectivity index is 1.24. The van der Waals surface area contributed by atoms with E-state index >= 15 is 0 Å². The third-order valence-electron chi connectivity index (χ3n) is 7.29. The molecular weight excluding hydrogens is 576 g/mol. The summed E-state index contributed by atoms with van der Waals surface area (Å²) in [6.45, 7) is 2.54. The van der Waals surface area contributed by atoms with E-state index in [0.717, 1.165) is 16.8 Å². The molecule has 0 spiro atoms. The van der Waals surface area contributed by atoms with Gasteiger partial charge >= 0.3 is 12.0 Å². The number of furan rings is 1. The van der Waals surface area contributed by atoms with Gasteiger partial charge in [0.25, 0.3) is 5.91 Å². The average molecular weight is 607 g/mol. The highest BCUT2D eigenvalue weighted by Gasteiger charge is 2.20. The van der Waals surface area contributed by atoms with Crippen LogP contribution in [0.25, 0.3) is 33.6 Å². The minimum absolute atomic E-state index is 0.120. The van der Waals surface area contributed by atoms with Crippen molar-refractivity contribution in [3.63, 3.8) is 0 Å². The van der Waals surface area contributed by atoms with Crippen molar-refractivity contribution in [1.29, 1.82) is 0 Å². The number of anilines is 3. The molecule has 3 aromatic carbocycles. The lowest BCUT2D eigenvalue weighted by atomic mass is 10.1. The number of benzene rings is 3. The number of carbonyl (C=O) groups is 3. The van der Waals surface area contributed by atoms with Crippen LogP contribution in [0, 0.1) is 0 Å². The summed E-state index contributed by atoms with van der Waals surface area (Å²) >= 11 is 0. The number of aromatic nitrogens is 2. The van der Waals surface area contributed by atoms with Gasteiger partial charge in [0, 0.05) is 60.6 Å². The first-order chi connectivity index (χ1) is 21.7. The van der Waals surface area contributed by atoms with E-state index in [2.05, 4.69) is 15.5 Å². The molecule has 12 heteroatoms. The van der Waals surface area contributed by atoms with Crippen LogP contribution in [0.2, 0.25) is 0 Å². The van der Waals surface area contributed by atoms with Crippen LogP contribution in [0.5, 0.6) is 0 Å². The second kappa shape index (κ2) is 12.5. The molecule has 0 atom stereocenters. The topological polar surface area (TPSA) is 150 Å². The van der Waals surface area contributed by atoms with E-state index in [1.807, 2.05) is 30.3 Å². The molecule has 1 aliphatic heterocycles. The Morgan fingerprint density at radius 1 is 0.822 bits per heavy atom. The predicted octanol–water partition coefficient (Wildman–Crippen LogP) is 5.44. The van der Waals surface area contributed by atoms with Gasteiger partial charge < -0.3 is 34.7 Å². The zero-order valence-corrected chi connectivity index (χ0v) is 24.6. The molecule has 0 bridgehead atoms. The minimum atomic E-state index is -1.14. The maximum atomic E-state index is 12.6. The summed E-state index contributed by atoms with van der Waals surface area (Å²) in [6, 6.07) is 22.1. The van der Waals surface area contributed by atoms with Crippen molar-refractivity contribution in [1.82, 2.24) is 14.9 Å². The number of aromatic carboxylic acids is 1. The average Bonchev–Trinajstić information content (AvgIpc) is 3.56. The van der Waals surface area contributed by atoms with Gasteiger partial charge in [-0.3, -0.25) is 4.79 Å². The number of urea groups is 1. The van der Waals surface area contributed by atoms with E-state index in [1.54, 1.807) is 56.6 Å². The Morgan fingerprint density at radius 2 is 1.47 bits per heavy atom. The summed E-state index contributed by atoms with van der Waals surface area (Å²) < 4.78 is 11.1. The number of hydrogen-bond acceptors (Lipinski definition) is 8. The van der Waals surface area contributed by atoms with Crippen LogP contribution in [-0.2, 0) is 4.74 Å². The SMILES string of the molecule is CN(C)C(=O)c1ccc(NC(=O)Nc2ccc(-c3nc(N4CCOCC4)c4ccc(-c5ccc(C(=O)O)o5)cc4n3)cc2)cc1. The normalized spacial score (nSPS) is 13.0. The molecule has 0 unspecified atom stereocenters. The maximum absolute atomic E-state index is 12.6. The molecule has 1 aliphatic rings. The van der Waals surface area contributed by atoms with Gasteiger partial charge in [-0.15, -0.1) is 0 Å². The van der Waals surface area contributed by atoms with Gasteiger partial charge in [0.1, 0.15) is 11.6 Å². The standard InChI is InChI=1S/C33H30N6O6/c1-38(2)31(40)21-5-10-24(11-6-21)35-33(43)34-23-8-3-20(4-9-23)29-36-26-19-22(27-13-14-28(45-27)32(41)42)7-12-25(26)30(37-29)39-15-17-44-18-16-39/h3-14,19H,15-18H2,1-2H3,(H,41,42)(H2,34,35,43). The molecule has 5 aromatic rings. The zero-order chi connectivity index (χ0) is 31.5. The van der Waals surface area contributed by atoms with E-state index in [1.165, 1.54) is 11.0 Å². The van der Waals surface area contributed by atoms with Crippen molar-refractivity contribution in [2.45, 2.75) is 0 Å². The minimum Gasteiger partial charge on any atom is -0.475 e. The molecule has 1 fully saturated rings. The monoisotopic (exact) mass is 606 g/mol. The summed E-state index contributed by atoms with van der Waals surface area (Å²) in [4.78, 5) is 49.5. The molecule has 228 valence electrons. The largest absolute Gasteiger partial charge is 0.475 e. The van der Waals surface area contributed by atoms with Crippen LogP contribution in [0.4, 0.5) is 22.0 Å². The highest BCUT2D eigenvalue weighted by atomic mass is 16.5. The Labute approximate surface area is 258 Å².